The first-order valence-corrected chi connectivity index (χ1v) is 6.52. The Morgan fingerprint density at radius 1 is 1.47 bits per heavy atom. The zero-order chi connectivity index (χ0) is 13.5. The van der Waals surface area contributed by atoms with E-state index in [1.807, 2.05) is 0 Å². The monoisotopic (exact) mass is 267 g/mol. The largest absolute Gasteiger partial charge is 0.378 e. The van der Waals surface area contributed by atoms with Gasteiger partial charge in [0, 0.05) is 13.2 Å². The second kappa shape index (κ2) is 7.04. The molecule has 0 aromatic carbocycles. The number of ether oxygens (including phenoxy) is 1. The summed E-state index contributed by atoms with van der Waals surface area (Å²) in [6.07, 6.45) is 5.49. The highest BCUT2D eigenvalue weighted by Crippen LogP contribution is 2.14. The molecule has 5 nitrogen and oxygen atoms in total. The minimum Gasteiger partial charge on any atom is -0.378 e. The third kappa shape index (κ3) is 4.82. The molecule has 1 saturated heterocycles. The van der Waals surface area contributed by atoms with Crippen molar-refractivity contribution in [2.75, 3.05) is 18.5 Å². The fraction of sp³-hybridized carbons (Fsp3) is 0.538. The lowest BCUT2D eigenvalue weighted by Gasteiger charge is -2.22. The minimum absolute atomic E-state index is 0.248. The van der Waals surface area contributed by atoms with Gasteiger partial charge in [0.25, 0.3) is 0 Å². The zero-order valence-corrected chi connectivity index (χ0v) is 10.7. The molecular weight excluding hydrogens is 249 g/mol. The Morgan fingerprint density at radius 2 is 2.37 bits per heavy atom. The Labute approximate surface area is 111 Å². The van der Waals surface area contributed by atoms with Gasteiger partial charge in [0.05, 0.1) is 12.3 Å². The normalized spacial score (nSPS) is 18.9. The van der Waals surface area contributed by atoms with Crippen LogP contribution in [0.2, 0.25) is 0 Å². The van der Waals surface area contributed by atoms with Gasteiger partial charge in [-0.15, -0.1) is 0 Å². The van der Waals surface area contributed by atoms with E-state index in [4.69, 9.17) is 4.74 Å². The van der Waals surface area contributed by atoms with Crippen LogP contribution in [-0.4, -0.2) is 30.3 Å². The lowest BCUT2D eigenvalue weighted by atomic mass is 10.1. The van der Waals surface area contributed by atoms with Gasteiger partial charge in [0.1, 0.15) is 11.6 Å². The van der Waals surface area contributed by atoms with Gasteiger partial charge in [0.15, 0.2) is 0 Å². The van der Waals surface area contributed by atoms with Gasteiger partial charge in [0.2, 0.25) is 0 Å². The Morgan fingerprint density at radius 3 is 3.05 bits per heavy atom. The minimum atomic E-state index is -0.430. The summed E-state index contributed by atoms with van der Waals surface area (Å²) in [7, 11) is 0. The summed E-state index contributed by atoms with van der Waals surface area (Å²) in [4.78, 5) is 15.3. The van der Waals surface area contributed by atoms with Gasteiger partial charge in [-0.25, -0.2) is 14.2 Å². The molecule has 1 atom stereocenters. The van der Waals surface area contributed by atoms with E-state index in [0.29, 0.717) is 12.4 Å². The number of rotatable bonds is 4. The molecule has 0 saturated carbocycles. The SMILES string of the molecule is O=C(NCC[C@@H]1CCCCO1)Nc1ccc(F)cn1. The summed E-state index contributed by atoms with van der Waals surface area (Å²) < 4.78 is 18.2. The molecule has 2 amide bonds. The number of anilines is 1. The first-order chi connectivity index (χ1) is 9.24. The molecule has 6 heteroatoms. The molecule has 2 rings (SSSR count). The number of aromatic nitrogens is 1. The second-order valence-corrected chi connectivity index (χ2v) is 4.52. The summed E-state index contributed by atoms with van der Waals surface area (Å²) in [6, 6.07) is 2.33. The van der Waals surface area contributed by atoms with Crippen molar-refractivity contribution in [3.8, 4) is 0 Å². The van der Waals surface area contributed by atoms with Crippen molar-refractivity contribution < 1.29 is 13.9 Å². The molecule has 1 aromatic rings. The van der Waals surface area contributed by atoms with Crippen LogP contribution < -0.4 is 10.6 Å². The van der Waals surface area contributed by atoms with Crippen LogP contribution in [0, 0.1) is 5.82 Å². The first-order valence-electron chi connectivity index (χ1n) is 6.52. The van der Waals surface area contributed by atoms with Gasteiger partial charge >= 0.3 is 6.03 Å². The van der Waals surface area contributed by atoms with E-state index < -0.39 is 5.82 Å². The van der Waals surface area contributed by atoms with E-state index in [0.717, 1.165) is 32.1 Å². The van der Waals surface area contributed by atoms with Crippen LogP contribution in [0.1, 0.15) is 25.7 Å². The molecule has 19 heavy (non-hydrogen) atoms. The molecule has 1 aliphatic heterocycles. The zero-order valence-electron chi connectivity index (χ0n) is 10.7. The molecule has 1 fully saturated rings. The maximum Gasteiger partial charge on any atom is 0.320 e. The first kappa shape index (κ1) is 13.7. The Kier molecular flexibility index (Phi) is 5.09. The van der Waals surface area contributed by atoms with Crippen molar-refractivity contribution in [2.45, 2.75) is 31.8 Å². The summed E-state index contributed by atoms with van der Waals surface area (Å²) >= 11 is 0. The van der Waals surface area contributed by atoms with Crippen molar-refractivity contribution in [3.05, 3.63) is 24.1 Å². The van der Waals surface area contributed by atoms with Crippen LogP contribution in [0.3, 0.4) is 0 Å². The number of hydrogen-bond donors (Lipinski definition) is 2. The van der Waals surface area contributed by atoms with Crippen LogP contribution in [0.25, 0.3) is 0 Å². The number of nitrogens with zero attached hydrogens (tertiary/aromatic N) is 1. The topological polar surface area (TPSA) is 63.2 Å². The summed E-state index contributed by atoms with van der Waals surface area (Å²) in [6.45, 7) is 1.37. The van der Waals surface area contributed by atoms with Gasteiger partial charge in [-0.05, 0) is 37.8 Å². The smallest absolute Gasteiger partial charge is 0.320 e. The number of urea groups is 1. The van der Waals surface area contributed by atoms with Gasteiger partial charge < -0.3 is 10.1 Å². The van der Waals surface area contributed by atoms with Crippen molar-refractivity contribution in [3.63, 3.8) is 0 Å². The van der Waals surface area contributed by atoms with Crippen LogP contribution >= 0.6 is 0 Å². The third-order valence-corrected chi connectivity index (χ3v) is 2.99. The van der Waals surface area contributed by atoms with Crippen LogP contribution in [0.5, 0.6) is 0 Å². The average molecular weight is 267 g/mol. The molecule has 2 N–H and O–H groups in total. The van der Waals surface area contributed by atoms with E-state index in [2.05, 4.69) is 15.6 Å². The molecular formula is C13H18FN3O2. The van der Waals surface area contributed by atoms with Crippen LogP contribution in [0.15, 0.2) is 18.3 Å². The number of halogens is 1. The number of pyridine rings is 1. The third-order valence-electron chi connectivity index (χ3n) is 2.99. The summed E-state index contributed by atoms with van der Waals surface area (Å²) in [5.41, 5.74) is 0. The van der Waals surface area contributed by atoms with Crippen LogP contribution in [0.4, 0.5) is 15.0 Å². The molecule has 1 aromatic heterocycles. The predicted octanol–water partition coefficient (Wildman–Crippen LogP) is 2.30. The maximum atomic E-state index is 12.6. The quantitative estimate of drug-likeness (QED) is 0.879. The molecule has 0 radical (unpaired) electrons. The molecule has 0 bridgehead atoms. The van der Waals surface area contributed by atoms with Crippen molar-refractivity contribution in [2.24, 2.45) is 0 Å². The number of carbonyl (C=O) groups is 1. The summed E-state index contributed by atoms with van der Waals surface area (Å²) in [5.74, 6) is -0.103. The van der Waals surface area contributed by atoms with Crippen molar-refractivity contribution >= 4 is 11.8 Å². The van der Waals surface area contributed by atoms with Gasteiger partial charge in [-0.1, -0.05) is 0 Å². The van der Waals surface area contributed by atoms with E-state index in [1.165, 1.54) is 18.6 Å². The lowest BCUT2D eigenvalue weighted by Crippen LogP contribution is -2.32. The highest BCUT2D eigenvalue weighted by Gasteiger charge is 2.13. The predicted molar refractivity (Wildman–Crippen MR) is 69.4 cm³/mol. The Hall–Kier alpha value is -1.69. The molecule has 0 unspecified atom stereocenters. The van der Waals surface area contributed by atoms with Crippen molar-refractivity contribution in [1.82, 2.24) is 10.3 Å². The standard InChI is InChI=1S/C13H18FN3O2/c14-10-4-5-12(16-9-10)17-13(18)15-7-6-11-3-1-2-8-19-11/h4-5,9,11H,1-3,6-8H2,(H2,15,16,17,18)/t11-/m0/s1. The average Bonchev–Trinajstić information content (AvgIpc) is 2.43. The van der Waals surface area contributed by atoms with E-state index in [1.54, 1.807) is 0 Å². The number of nitrogens with one attached hydrogen (secondary N) is 2. The number of amides is 2. The fourth-order valence-electron chi connectivity index (χ4n) is 1.99. The lowest BCUT2D eigenvalue weighted by molar-refractivity contribution is 0.0120. The fourth-order valence-corrected chi connectivity index (χ4v) is 1.99. The highest BCUT2D eigenvalue weighted by molar-refractivity contribution is 5.88. The molecule has 2 heterocycles. The van der Waals surface area contributed by atoms with Crippen molar-refractivity contribution in [1.29, 1.82) is 0 Å². The highest BCUT2D eigenvalue weighted by atomic mass is 19.1. The second-order valence-electron chi connectivity index (χ2n) is 4.52. The molecule has 1 aliphatic rings. The van der Waals surface area contributed by atoms with E-state index >= 15 is 0 Å². The van der Waals surface area contributed by atoms with E-state index in [9.17, 15) is 9.18 Å². The molecule has 0 aliphatic carbocycles. The molecule has 104 valence electrons. The number of hydrogen-bond acceptors (Lipinski definition) is 3. The number of carbonyl (C=O) groups excluding carboxylic acids is 1. The summed E-state index contributed by atoms with van der Waals surface area (Å²) in [5, 5.41) is 5.27. The Balaban J connectivity index is 1.65. The van der Waals surface area contributed by atoms with Gasteiger partial charge in [-0.3, -0.25) is 5.32 Å². The Bertz CT molecular complexity index is 405. The molecule has 0 spiro atoms. The van der Waals surface area contributed by atoms with E-state index in [-0.39, 0.29) is 12.1 Å². The van der Waals surface area contributed by atoms with Gasteiger partial charge in [-0.2, -0.15) is 0 Å². The maximum absolute atomic E-state index is 12.6. The van der Waals surface area contributed by atoms with Crippen LogP contribution in [-0.2, 0) is 4.74 Å².